The highest BCUT2D eigenvalue weighted by atomic mass is 32.2. The maximum atomic E-state index is 12.6. The van der Waals surface area contributed by atoms with Gasteiger partial charge in [-0.1, -0.05) is 18.2 Å². The van der Waals surface area contributed by atoms with Gasteiger partial charge in [0.15, 0.2) is 5.11 Å². The van der Waals surface area contributed by atoms with Crippen LogP contribution in [0.25, 0.3) is 0 Å². The Kier molecular flexibility index (Phi) is 4.92. The summed E-state index contributed by atoms with van der Waals surface area (Å²) in [5.41, 5.74) is 3.22. The molecule has 2 heterocycles. The van der Waals surface area contributed by atoms with Crippen molar-refractivity contribution in [2.45, 2.75) is 37.1 Å². The van der Waals surface area contributed by atoms with Crippen molar-refractivity contribution in [3.63, 3.8) is 0 Å². The van der Waals surface area contributed by atoms with Crippen LogP contribution in [-0.2, 0) is 16.4 Å². The zero-order valence-corrected chi connectivity index (χ0v) is 16.9. The standard InChI is InChI=1S/C20H23N3O2S2/c1-15-14-16-6-2-3-7-19(16)23(15)20(26)21-17-8-10-18(11-9-17)27(24,25)22-12-4-5-13-22/h2-3,6-11,15H,4-5,12-14H2,1H3,(H,21,26). The first-order valence-electron chi connectivity index (χ1n) is 9.25. The van der Waals surface area contributed by atoms with Crippen molar-refractivity contribution in [2.24, 2.45) is 0 Å². The topological polar surface area (TPSA) is 52.7 Å². The van der Waals surface area contributed by atoms with Gasteiger partial charge in [-0.05, 0) is 74.3 Å². The predicted octanol–water partition coefficient (Wildman–Crippen LogP) is 3.62. The van der Waals surface area contributed by atoms with Gasteiger partial charge >= 0.3 is 0 Å². The minimum Gasteiger partial charge on any atom is -0.332 e. The molecular formula is C20H23N3O2S2. The predicted molar refractivity (Wildman–Crippen MR) is 113 cm³/mol. The second-order valence-corrected chi connectivity index (χ2v) is 9.44. The molecule has 0 aromatic heterocycles. The normalized spacial score (nSPS) is 19.9. The second-order valence-electron chi connectivity index (χ2n) is 7.12. The minimum atomic E-state index is -3.39. The van der Waals surface area contributed by atoms with E-state index in [9.17, 15) is 8.42 Å². The number of thiocarbonyl (C=S) groups is 1. The van der Waals surface area contributed by atoms with Crippen LogP contribution in [0.4, 0.5) is 11.4 Å². The number of benzene rings is 2. The first-order valence-corrected chi connectivity index (χ1v) is 11.1. The van der Waals surface area contributed by atoms with E-state index >= 15 is 0 Å². The molecule has 0 bridgehead atoms. The SMILES string of the molecule is CC1Cc2ccccc2N1C(=S)Nc1ccc(S(=O)(=O)N2CCCC2)cc1. The zero-order chi connectivity index (χ0) is 19.0. The summed E-state index contributed by atoms with van der Waals surface area (Å²) in [5, 5.41) is 3.88. The average Bonchev–Trinajstić information content (AvgIpc) is 3.29. The molecule has 4 rings (SSSR count). The highest BCUT2D eigenvalue weighted by Crippen LogP contribution is 2.32. The average molecular weight is 402 g/mol. The molecule has 0 amide bonds. The van der Waals surface area contributed by atoms with Crippen LogP contribution in [0.2, 0.25) is 0 Å². The molecule has 0 aliphatic carbocycles. The largest absolute Gasteiger partial charge is 0.332 e. The highest BCUT2D eigenvalue weighted by Gasteiger charge is 2.29. The summed E-state index contributed by atoms with van der Waals surface area (Å²) in [4.78, 5) is 2.46. The highest BCUT2D eigenvalue weighted by molar-refractivity contribution is 7.89. The van der Waals surface area contributed by atoms with Gasteiger partial charge in [0.05, 0.1) is 4.90 Å². The Morgan fingerprint density at radius 3 is 2.44 bits per heavy atom. The van der Waals surface area contributed by atoms with E-state index in [0.29, 0.717) is 23.1 Å². The lowest BCUT2D eigenvalue weighted by atomic mass is 10.1. The van der Waals surface area contributed by atoms with Crippen molar-refractivity contribution in [3.05, 3.63) is 54.1 Å². The number of para-hydroxylation sites is 1. The number of rotatable bonds is 3. The van der Waals surface area contributed by atoms with Crippen molar-refractivity contribution in [1.29, 1.82) is 0 Å². The summed E-state index contributed by atoms with van der Waals surface area (Å²) < 4.78 is 26.8. The number of anilines is 2. The van der Waals surface area contributed by atoms with E-state index in [0.717, 1.165) is 30.6 Å². The molecule has 5 nitrogen and oxygen atoms in total. The number of nitrogens with one attached hydrogen (secondary N) is 1. The van der Waals surface area contributed by atoms with E-state index < -0.39 is 10.0 Å². The van der Waals surface area contributed by atoms with Crippen LogP contribution in [0.3, 0.4) is 0 Å². The van der Waals surface area contributed by atoms with Gasteiger partial charge in [0, 0.05) is 30.5 Å². The number of hydrogen-bond acceptors (Lipinski definition) is 3. The Balaban J connectivity index is 1.50. The fourth-order valence-corrected chi connectivity index (χ4v) is 5.76. The fraction of sp³-hybridized carbons (Fsp3) is 0.350. The van der Waals surface area contributed by atoms with Gasteiger partial charge < -0.3 is 10.2 Å². The van der Waals surface area contributed by atoms with E-state index in [2.05, 4.69) is 29.3 Å². The third-order valence-corrected chi connectivity index (χ3v) is 7.45. The summed E-state index contributed by atoms with van der Waals surface area (Å²) in [6.45, 7) is 3.37. The summed E-state index contributed by atoms with van der Waals surface area (Å²) in [5.74, 6) is 0. The molecular weight excluding hydrogens is 378 g/mol. The Hall–Kier alpha value is -1.96. The lowest BCUT2D eigenvalue weighted by Gasteiger charge is -2.26. The Bertz CT molecular complexity index is 951. The molecule has 1 unspecified atom stereocenters. The lowest BCUT2D eigenvalue weighted by molar-refractivity contribution is 0.477. The van der Waals surface area contributed by atoms with Gasteiger partial charge in [-0.2, -0.15) is 4.31 Å². The summed E-state index contributed by atoms with van der Waals surface area (Å²) in [6, 6.07) is 15.4. The summed E-state index contributed by atoms with van der Waals surface area (Å²) in [6.07, 6.45) is 2.83. The van der Waals surface area contributed by atoms with Crippen LogP contribution in [0.1, 0.15) is 25.3 Å². The third-order valence-electron chi connectivity index (χ3n) is 5.23. The molecule has 0 spiro atoms. The smallest absolute Gasteiger partial charge is 0.243 e. The maximum absolute atomic E-state index is 12.6. The molecule has 27 heavy (non-hydrogen) atoms. The molecule has 0 radical (unpaired) electrons. The first-order chi connectivity index (χ1) is 13.0. The van der Waals surface area contributed by atoms with Crippen LogP contribution in [0, 0.1) is 0 Å². The number of nitrogens with zero attached hydrogens (tertiary/aromatic N) is 2. The Morgan fingerprint density at radius 2 is 1.74 bits per heavy atom. The fourth-order valence-electron chi connectivity index (χ4n) is 3.85. The summed E-state index contributed by atoms with van der Waals surface area (Å²) in [7, 11) is -3.39. The molecule has 2 aliphatic heterocycles. The Morgan fingerprint density at radius 1 is 1.07 bits per heavy atom. The van der Waals surface area contributed by atoms with Crippen molar-refractivity contribution >= 4 is 38.7 Å². The van der Waals surface area contributed by atoms with Crippen LogP contribution in [0.15, 0.2) is 53.4 Å². The molecule has 1 saturated heterocycles. The minimum absolute atomic E-state index is 0.289. The van der Waals surface area contributed by atoms with E-state index in [-0.39, 0.29) is 6.04 Å². The van der Waals surface area contributed by atoms with Crippen LogP contribution >= 0.6 is 12.2 Å². The maximum Gasteiger partial charge on any atom is 0.243 e. The van der Waals surface area contributed by atoms with Crippen molar-refractivity contribution in [3.8, 4) is 0 Å². The Labute approximate surface area is 166 Å². The molecule has 1 atom stereocenters. The van der Waals surface area contributed by atoms with Gasteiger partial charge in [-0.25, -0.2) is 8.42 Å². The molecule has 2 aliphatic rings. The second kappa shape index (κ2) is 7.22. The van der Waals surface area contributed by atoms with E-state index in [1.54, 1.807) is 28.6 Å². The zero-order valence-electron chi connectivity index (χ0n) is 15.3. The third kappa shape index (κ3) is 3.47. The van der Waals surface area contributed by atoms with Gasteiger partial charge in [0.2, 0.25) is 10.0 Å². The van der Waals surface area contributed by atoms with Crippen LogP contribution in [-0.4, -0.2) is 37.0 Å². The molecule has 2 aromatic rings. The summed E-state index contributed by atoms with van der Waals surface area (Å²) >= 11 is 5.63. The van der Waals surface area contributed by atoms with Crippen molar-refractivity contribution in [2.75, 3.05) is 23.3 Å². The van der Waals surface area contributed by atoms with Crippen molar-refractivity contribution in [1.82, 2.24) is 4.31 Å². The monoisotopic (exact) mass is 401 g/mol. The molecule has 142 valence electrons. The number of fused-ring (bicyclic) bond motifs is 1. The van der Waals surface area contributed by atoms with Gasteiger partial charge in [0.25, 0.3) is 0 Å². The molecule has 0 saturated carbocycles. The van der Waals surface area contributed by atoms with Gasteiger partial charge in [-0.3, -0.25) is 0 Å². The molecule has 7 heteroatoms. The van der Waals surface area contributed by atoms with Crippen LogP contribution in [0.5, 0.6) is 0 Å². The lowest BCUT2D eigenvalue weighted by Crippen LogP contribution is -2.38. The van der Waals surface area contributed by atoms with E-state index in [4.69, 9.17) is 12.2 Å². The van der Waals surface area contributed by atoms with E-state index in [1.807, 2.05) is 12.1 Å². The quantitative estimate of drug-likeness (QED) is 0.796. The van der Waals surface area contributed by atoms with Gasteiger partial charge in [0.1, 0.15) is 0 Å². The van der Waals surface area contributed by atoms with Crippen LogP contribution < -0.4 is 10.2 Å². The van der Waals surface area contributed by atoms with Gasteiger partial charge in [-0.15, -0.1) is 0 Å². The van der Waals surface area contributed by atoms with E-state index in [1.165, 1.54) is 5.56 Å². The number of sulfonamides is 1. The molecule has 2 aromatic carbocycles. The van der Waals surface area contributed by atoms with Crippen molar-refractivity contribution < 1.29 is 8.42 Å². The first kappa shape index (κ1) is 18.4. The molecule has 1 fully saturated rings. The molecule has 1 N–H and O–H groups in total. The number of hydrogen-bond donors (Lipinski definition) is 1.